The van der Waals surface area contributed by atoms with E-state index in [9.17, 15) is 10.1 Å². The number of carbonyl (C=O) groups excluding carboxylic acids is 1. The van der Waals surface area contributed by atoms with E-state index in [-0.39, 0.29) is 18.3 Å². The average molecular weight is 477 g/mol. The van der Waals surface area contributed by atoms with Crippen LogP contribution in [0.5, 0.6) is 17.2 Å². The molecular weight excluding hydrogens is 452 g/mol. The van der Waals surface area contributed by atoms with Crippen LogP contribution in [-0.2, 0) is 11.2 Å². The molecule has 1 atom stereocenters. The normalized spacial score (nSPS) is 14.5. The van der Waals surface area contributed by atoms with E-state index >= 15 is 0 Å². The zero-order valence-electron chi connectivity index (χ0n) is 19.7. The highest BCUT2D eigenvalue weighted by atomic mass is 16.5. The summed E-state index contributed by atoms with van der Waals surface area (Å²) in [5.41, 5.74) is 8.95. The van der Waals surface area contributed by atoms with Crippen molar-refractivity contribution in [2.45, 2.75) is 19.3 Å². The van der Waals surface area contributed by atoms with Crippen LogP contribution in [0.4, 0.5) is 0 Å². The van der Waals surface area contributed by atoms with Gasteiger partial charge in [-0.15, -0.1) is 0 Å². The first-order chi connectivity index (χ1) is 17.6. The number of benzene rings is 4. The summed E-state index contributed by atoms with van der Waals surface area (Å²) in [4.78, 5) is 12.8. The summed E-state index contributed by atoms with van der Waals surface area (Å²) in [6.45, 7) is 2.45. The fraction of sp³-hybridized carbons (Fsp3) is 0.133. The van der Waals surface area contributed by atoms with Crippen molar-refractivity contribution >= 4 is 16.7 Å². The van der Waals surface area contributed by atoms with Crippen molar-refractivity contribution in [1.29, 1.82) is 5.26 Å². The molecule has 4 aromatic carbocycles. The molecule has 0 aliphatic carbocycles. The number of hydrogen-bond acceptors (Lipinski definition) is 6. The standard InChI is InChI=1S/C30H24N2O4/c1-2-34-22-11-6-10-21(15-22)29-25-14-13-23(17-27(25)36-30(32)26(29)18-31)35-28(33)16-20-9-5-8-19-7-3-4-12-24(19)20/h3-15,17,29H,2,16,32H2,1H3. The minimum absolute atomic E-state index is 0.0241. The number of esters is 1. The first-order valence-electron chi connectivity index (χ1n) is 11.7. The summed E-state index contributed by atoms with van der Waals surface area (Å²) in [7, 11) is 0. The van der Waals surface area contributed by atoms with E-state index in [0.29, 0.717) is 29.4 Å². The van der Waals surface area contributed by atoms with E-state index in [2.05, 4.69) is 6.07 Å². The summed E-state index contributed by atoms with van der Waals surface area (Å²) in [6.07, 6.45) is 0.132. The Morgan fingerprint density at radius 1 is 1.00 bits per heavy atom. The number of carbonyl (C=O) groups is 1. The minimum Gasteiger partial charge on any atom is -0.494 e. The van der Waals surface area contributed by atoms with Gasteiger partial charge in [-0.05, 0) is 47.0 Å². The highest BCUT2D eigenvalue weighted by Gasteiger charge is 2.31. The summed E-state index contributed by atoms with van der Waals surface area (Å²) in [5.74, 6) is 0.695. The largest absolute Gasteiger partial charge is 0.494 e. The molecule has 0 amide bonds. The Morgan fingerprint density at radius 2 is 1.81 bits per heavy atom. The lowest BCUT2D eigenvalue weighted by Gasteiger charge is -2.27. The molecule has 4 aromatic rings. The Balaban J connectivity index is 1.42. The molecule has 0 fully saturated rings. The summed E-state index contributed by atoms with van der Waals surface area (Å²) in [5, 5.41) is 11.9. The highest BCUT2D eigenvalue weighted by molar-refractivity contribution is 5.89. The van der Waals surface area contributed by atoms with Crippen LogP contribution in [0.1, 0.15) is 29.5 Å². The van der Waals surface area contributed by atoms with Crippen molar-refractivity contribution in [1.82, 2.24) is 0 Å². The molecule has 6 nitrogen and oxygen atoms in total. The fourth-order valence-corrected chi connectivity index (χ4v) is 4.56. The number of nitriles is 1. The third kappa shape index (κ3) is 4.47. The molecule has 5 rings (SSSR count). The highest BCUT2D eigenvalue weighted by Crippen LogP contribution is 2.44. The molecule has 0 saturated heterocycles. The van der Waals surface area contributed by atoms with Crippen LogP contribution in [0.25, 0.3) is 10.8 Å². The predicted molar refractivity (Wildman–Crippen MR) is 137 cm³/mol. The van der Waals surface area contributed by atoms with E-state index in [1.165, 1.54) is 0 Å². The second kappa shape index (κ2) is 9.85. The zero-order valence-corrected chi connectivity index (χ0v) is 19.7. The molecule has 36 heavy (non-hydrogen) atoms. The maximum atomic E-state index is 12.8. The molecule has 0 spiro atoms. The van der Waals surface area contributed by atoms with Gasteiger partial charge in [-0.1, -0.05) is 60.7 Å². The number of ether oxygens (including phenoxy) is 3. The zero-order chi connectivity index (χ0) is 25.1. The number of hydrogen-bond donors (Lipinski definition) is 1. The van der Waals surface area contributed by atoms with E-state index in [0.717, 1.165) is 27.5 Å². The predicted octanol–water partition coefficient (Wildman–Crippen LogP) is 5.60. The quantitative estimate of drug-likeness (QED) is 0.287. The molecule has 1 aliphatic rings. The Labute approximate surface area is 209 Å². The molecule has 1 unspecified atom stereocenters. The first kappa shape index (κ1) is 23.0. The Hall–Kier alpha value is -4.76. The molecule has 0 aromatic heterocycles. The lowest BCUT2D eigenvalue weighted by atomic mass is 9.83. The number of allylic oxidation sites excluding steroid dienone is 1. The van der Waals surface area contributed by atoms with Gasteiger partial charge in [0.05, 0.1) is 18.9 Å². The molecule has 1 heterocycles. The number of rotatable bonds is 6. The lowest BCUT2D eigenvalue weighted by molar-refractivity contribution is -0.133. The SMILES string of the molecule is CCOc1cccc(C2C(C#N)=C(N)Oc3cc(OC(=O)Cc4cccc5ccccc45)ccc32)c1. The van der Waals surface area contributed by atoms with Crippen molar-refractivity contribution in [3.63, 3.8) is 0 Å². The van der Waals surface area contributed by atoms with Crippen LogP contribution in [-0.4, -0.2) is 12.6 Å². The molecule has 1 aliphatic heterocycles. The van der Waals surface area contributed by atoms with Crippen LogP contribution < -0.4 is 19.9 Å². The molecule has 178 valence electrons. The second-order valence-corrected chi connectivity index (χ2v) is 8.42. The van der Waals surface area contributed by atoms with Gasteiger partial charge in [0.25, 0.3) is 0 Å². The van der Waals surface area contributed by atoms with Crippen LogP contribution in [0.15, 0.2) is 96.4 Å². The minimum atomic E-state index is -0.431. The van der Waals surface area contributed by atoms with Crippen molar-refractivity contribution in [2.24, 2.45) is 5.73 Å². The van der Waals surface area contributed by atoms with Crippen LogP contribution in [0.3, 0.4) is 0 Å². The smallest absolute Gasteiger partial charge is 0.315 e. The second-order valence-electron chi connectivity index (χ2n) is 8.42. The molecular formula is C30H24N2O4. The average Bonchev–Trinajstić information content (AvgIpc) is 2.88. The Bertz CT molecular complexity index is 1530. The number of nitrogens with zero attached hydrogens (tertiary/aromatic N) is 1. The molecule has 0 saturated carbocycles. The lowest BCUT2D eigenvalue weighted by Crippen LogP contribution is -2.21. The van der Waals surface area contributed by atoms with Gasteiger partial charge in [0.15, 0.2) is 0 Å². The third-order valence-electron chi connectivity index (χ3n) is 6.14. The van der Waals surface area contributed by atoms with E-state index in [1.807, 2.05) is 73.7 Å². The van der Waals surface area contributed by atoms with Crippen molar-refractivity contribution < 1.29 is 19.0 Å². The van der Waals surface area contributed by atoms with Gasteiger partial charge in [-0.2, -0.15) is 5.26 Å². The Morgan fingerprint density at radius 3 is 2.64 bits per heavy atom. The van der Waals surface area contributed by atoms with Gasteiger partial charge in [0, 0.05) is 11.6 Å². The third-order valence-corrected chi connectivity index (χ3v) is 6.14. The van der Waals surface area contributed by atoms with Crippen LogP contribution in [0.2, 0.25) is 0 Å². The molecule has 2 N–H and O–H groups in total. The number of nitrogens with two attached hydrogens (primary N) is 1. The first-order valence-corrected chi connectivity index (χ1v) is 11.7. The van der Waals surface area contributed by atoms with Gasteiger partial charge >= 0.3 is 5.97 Å². The topological polar surface area (TPSA) is 94.6 Å². The van der Waals surface area contributed by atoms with Gasteiger partial charge in [0.2, 0.25) is 5.88 Å². The fourth-order valence-electron chi connectivity index (χ4n) is 4.56. The molecule has 0 radical (unpaired) electrons. The Kier molecular flexibility index (Phi) is 6.29. The van der Waals surface area contributed by atoms with Gasteiger partial charge in [-0.3, -0.25) is 4.79 Å². The van der Waals surface area contributed by atoms with E-state index in [4.69, 9.17) is 19.9 Å². The van der Waals surface area contributed by atoms with Crippen LogP contribution >= 0.6 is 0 Å². The van der Waals surface area contributed by atoms with Gasteiger partial charge < -0.3 is 19.9 Å². The molecule has 6 heteroatoms. The summed E-state index contributed by atoms with van der Waals surface area (Å²) in [6, 6.07) is 28.7. The summed E-state index contributed by atoms with van der Waals surface area (Å²) < 4.78 is 17.1. The van der Waals surface area contributed by atoms with Crippen molar-refractivity contribution in [3.05, 3.63) is 113 Å². The monoisotopic (exact) mass is 476 g/mol. The van der Waals surface area contributed by atoms with Gasteiger partial charge in [-0.25, -0.2) is 0 Å². The van der Waals surface area contributed by atoms with Crippen molar-refractivity contribution in [3.8, 4) is 23.3 Å². The maximum absolute atomic E-state index is 12.8. The van der Waals surface area contributed by atoms with E-state index < -0.39 is 5.92 Å². The van der Waals surface area contributed by atoms with E-state index in [1.54, 1.807) is 18.2 Å². The number of fused-ring (bicyclic) bond motifs is 2. The van der Waals surface area contributed by atoms with Crippen LogP contribution in [0, 0.1) is 11.3 Å². The van der Waals surface area contributed by atoms with Crippen molar-refractivity contribution in [2.75, 3.05) is 6.61 Å². The summed E-state index contributed by atoms with van der Waals surface area (Å²) >= 11 is 0. The maximum Gasteiger partial charge on any atom is 0.315 e. The molecule has 0 bridgehead atoms. The van der Waals surface area contributed by atoms with Gasteiger partial charge in [0.1, 0.15) is 28.9 Å².